The van der Waals surface area contributed by atoms with Gasteiger partial charge in [0.25, 0.3) is 5.91 Å². The zero-order chi connectivity index (χ0) is 19.4. The molecule has 1 spiro atoms. The third kappa shape index (κ3) is 4.24. The van der Waals surface area contributed by atoms with Gasteiger partial charge in [0, 0.05) is 45.1 Å². The van der Waals surface area contributed by atoms with E-state index in [9.17, 15) is 14.0 Å². The summed E-state index contributed by atoms with van der Waals surface area (Å²) in [6.07, 6.45) is 3.12. The quantitative estimate of drug-likeness (QED) is 0.789. The first-order valence-electron chi connectivity index (χ1n) is 9.37. The third-order valence-electron chi connectivity index (χ3n) is 5.65. The number of amides is 2. The number of halogens is 1. The molecule has 2 aliphatic rings. The van der Waals surface area contributed by atoms with Crippen LogP contribution in [0.15, 0.2) is 18.2 Å². The van der Waals surface area contributed by atoms with Gasteiger partial charge in [0.05, 0.1) is 19.3 Å². The predicted octanol–water partition coefficient (Wildman–Crippen LogP) is 2.33. The van der Waals surface area contributed by atoms with Gasteiger partial charge in [-0.1, -0.05) is 0 Å². The minimum Gasteiger partial charge on any atom is -0.496 e. The van der Waals surface area contributed by atoms with Gasteiger partial charge in [-0.15, -0.1) is 0 Å². The molecule has 7 heteroatoms. The fourth-order valence-electron chi connectivity index (χ4n) is 4.24. The van der Waals surface area contributed by atoms with Crippen LogP contribution in [0, 0.1) is 11.2 Å². The number of carbonyl (C=O) groups excluding carboxylic acids is 2. The summed E-state index contributed by atoms with van der Waals surface area (Å²) in [7, 11) is 3.10. The molecule has 0 bridgehead atoms. The molecule has 6 nitrogen and oxygen atoms in total. The van der Waals surface area contributed by atoms with E-state index < -0.39 is 5.82 Å². The van der Waals surface area contributed by atoms with Crippen LogP contribution in [0.3, 0.4) is 0 Å². The molecule has 0 aromatic heterocycles. The lowest BCUT2D eigenvalue weighted by Gasteiger charge is -2.48. The molecule has 1 aromatic rings. The molecule has 0 aliphatic carbocycles. The van der Waals surface area contributed by atoms with E-state index >= 15 is 0 Å². The summed E-state index contributed by atoms with van der Waals surface area (Å²) >= 11 is 0. The Morgan fingerprint density at radius 3 is 2.81 bits per heavy atom. The third-order valence-corrected chi connectivity index (χ3v) is 5.65. The number of hydrogen-bond acceptors (Lipinski definition) is 4. The minimum atomic E-state index is -0.458. The number of likely N-dealkylation sites (tertiary alicyclic amines) is 2. The van der Waals surface area contributed by atoms with Gasteiger partial charge in [0.15, 0.2) is 0 Å². The van der Waals surface area contributed by atoms with E-state index in [2.05, 4.69) is 0 Å². The van der Waals surface area contributed by atoms with Crippen LogP contribution in [0.1, 0.15) is 36.0 Å². The molecule has 2 amide bonds. The Labute approximate surface area is 159 Å². The van der Waals surface area contributed by atoms with E-state index in [1.807, 2.05) is 4.90 Å². The van der Waals surface area contributed by atoms with Gasteiger partial charge in [-0.2, -0.15) is 0 Å². The average molecular weight is 378 g/mol. The van der Waals surface area contributed by atoms with Crippen molar-refractivity contribution in [1.29, 1.82) is 0 Å². The van der Waals surface area contributed by atoms with Gasteiger partial charge >= 0.3 is 0 Å². The summed E-state index contributed by atoms with van der Waals surface area (Å²) in [6, 6.07) is 4.00. The maximum absolute atomic E-state index is 13.7. The maximum atomic E-state index is 13.7. The summed E-state index contributed by atoms with van der Waals surface area (Å²) in [4.78, 5) is 28.9. The largest absolute Gasteiger partial charge is 0.496 e. The molecule has 0 radical (unpaired) electrons. The number of methoxy groups -OCH3 is 2. The second-order valence-corrected chi connectivity index (χ2v) is 7.48. The molecular weight excluding hydrogens is 351 g/mol. The summed E-state index contributed by atoms with van der Waals surface area (Å²) in [5, 5.41) is 0. The van der Waals surface area contributed by atoms with Gasteiger partial charge in [0.2, 0.25) is 5.91 Å². The number of benzene rings is 1. The zero-order valence-corrected chi connectivity index (χ0v) is 16.0. The van der Waals surface area contributed by atoms with E-state index in [1.54, 1.807) is 12.0 Å². The summed E-state index contributed by atoms with van der Waals surface area (Å²) in [6.45, 7) is 2.92. The minimum absolute atomic E-state index is 0.101. The topological polar surface area (TPSA) is 59.1 Å². The highest BCUT2D eigenvalue weighted by Crippen LogP contribution is 2.39. The van der Waals surface area contributed by atoms with Gasteiger partial charge in [-0.25, -0.2) is 4.39 Å². The van der Waals surface area contributed by atoms with Crippen LogP contribution in [0.4, 0.5) is 4.39 Å². The molecular formula is C20H27FN2O4. The van der Waals surface area contributed by atoms with Crippen LogP contribution in [0.2, 0.25) is 0 Å². The fraction of sp³-hybridized carbons (Fsp3) is 0.600. The van der Waals surface area contributed by atoms with E-state index in [4.69, 9.17) is 9.47 Å². The first-order chi connectivity index (χ1) is 13.0. The molecule has 2 fully saturated rings. The SMILES string of the molecule is COCCN1CC2(CCCN(C(=O)c3cc(F)ccc3OC)C2)CCC1=O. The van der Waals surface area contributed by atoms with Crippen molar-refractivity contribution in [2.75, 3.05) is 47.0 Å². The zero-order valence-electron chi connectivity index (χ0n) is 16.0. The van der Waals surface area contributed by atoms with Crippen molar-refractivity contribution in [3.05, 3.63) is 29.6 Å². The van der Waals surface area contributed by atoms with Crippen LogP contribution in [0.5, 0.6) is 5.75 Å². The normalized spacial score (nSPS) is 23.0. The van der Waals surface area contributed by atoms with Crippen molar-refractivity contribution in [3.8, 4) is 5.75 Å². The van der Waals surface area contributed by atoms with Crippen molar-refractivity contribution >= 4 is 11.8 Å². The van der Waals surface area contributed by atoms with Crippen molar-refractivity contribution < 1.29 is 23.5 Å². The van der Waals surface area contributed by atoms with Crippen LogP contribution >= 0.6 is 0 Å². The fourth-order valence-corrected chi connectivity index (χ4v) is 4.24. The van der Waals surface area contributed by atoms with Crippen LogP contribution in [0.25, 0.3) is 0 Å². The molecule has 148 valence electrons. The van der Waals surface area contributed by atoms with Crippen LogP contribution < -0.4 is 4.74 Å². The molecule has 2 aliphatic heterocycles. The van der Waals surface area contributed by atoms with Crippen LogP contribution in [-0.2, 0) is 9.53 Å². The molecule has 1 atom stereocenters. The number of piperidine rings is 2. The van der Waals surface area contributed by atoms with Gasteiger partial charge in [0.1, 0.15) is 11.6 Å². The van der Waals surface area contributed by atoms with Gasteiger partial charge in [-0.05, 0) is 37.5 Å². The lowest BCUT2D eigenvalue weighted by Crippen LogP contribution is -2.55. The first kappa shape index (κ1) is 19.6. The second kappa shape index (κ2) is 8.25. The number of ether oxygens (including phenoxy) is 2. The summed E-state index contributed by atoms with van der Waals surface area (Å²) in [5.74, 6) is -0.153. The summed E-state index contributed by atoms with van der Waals surface area (Å²) < 4.78 is 24.0. The van der Waals surface area contributed by atoms with Crippen LogP contribution in [-0.4, -0.2) is 68.6 Å². The van der Waals surface area contributed by atoms with Crippen molar-refractivity contribution in [1.82, 2.24) is 9.80 Å². The maximum Gasteiger partial charge on any atom is 0.257 e. The Balaban J connectivity index is 1.76. The predicted molar refractivity (Wildman–Crippen MR) is 98.2 cm³/mol. The molecule has 0 saturated carbocycles. The number of hydrogen-bond donors (Lipinski definition) is 0. The molecule has 3 rings (SSSR count). The van der Waals surface area contributed by atoms with Crippen molar-refractivity contribution in [2.24, 2.45) is 5.41 Å². The van der Waals surface area contributed by atoms with E-state index in [0.717, 1.165) is 19.3 Å². The Kier molecular flexibility index (Phi) is 5.99. The van der Waals surface area contributed by atoms with Gasteiger partial charge < -0.3 is 19.3 Å². The Bertz CT molecular complexity index is 711. The van der Waals surface area contributed by atoms with E-state index in [1.165, 1.54) is 25.3 Å². The van der Waals surface area contributed by atoms with Crippen molar-refractivity contribution in [3.63, 3.8) is 0 Å². The molecule has 1 unspecified atom stereocenters. The van der Waals surface area contributed by atoms with E-state index in [-0.39, 0.29) is 22.8 Å². The molecule has 2 heterocycles. The number of rotatable bonds is 5. The summed E-state index contributed by atoms with van der Waals surface area (Å²) in [5.41, 5.74) is 0.147. The van der Waals surface area contributed by atoms with Gasteiger partial charge in [-0.3, -0.25) is 9.59 Å². The lowest BCUT2D eigenvalue weighted by atomic mass is 9.73. The molecule has 0 N–H and O–H groups in total. The Morgan fingerprint density at radius 1 is 1.26 bits per heavy atom. The molecule has 2 saturated heterocycles. The monoisotopic (exact) mass is 378 g/mol. The highest BCUT2D eigenvalue weighted by Gasteiger charge is 2.43. The van der Waals surface area contributed by atoms with E-state index in [0.29, 0.717) is 45.0 Å². The standard InChI is InChI=1S/C20H27FN2O4/c1-26-11-10-22-13-20(8-6-18(22)24)7-3-9-23(14-20)19(25)16-12-15(21)4-5-17(16)27-2/h4-5,12H,3,6-11,13-14H2,1-2H3. The second-order valence-electron chi connectivity index (χ2n) is 7.48. The molecule has 1 aromatic carbocycles. The van der Waals surface area contributed by atoms with Crippen molar-refractivity contribution in [2.45, 2.75) is 25.7 Å². The average Bonchev–Trinajstić information content (AvgIpc) is 2.68. The lowest BCUT2D eigenvalue weighted by molar-refractivity contribution is -0.139. The Hall–Kier alpha value is -2.15. The number of nitrogens with zero attached hydrogens (tertiary/aromatic N) is 2. The smallest absolute Gasteiger partial charge is 0.257 e. The highest BCUT2D eigenvalue weighted by atomic mass is 19.1. The molecule has 27 heavy (non-hydrogen) atoms. The highest BCUT2D eigenvalue weighted by molar-refractivity contribution is 5.97. The first-order valence-corrected chi connectivity index (χ1v) is 9.37. The Morgan fingerprint density at radius 2 is 2.07 bits per heavy atom. The number of carbonyl (C=O) groups is 2.